The van der Waals surface area contributed by atoms with E-state index in [-0.39, 0.29) is 0 Å². The highest BCUT2D eigenvalue weighted by Crippen LogP contribution is 2.21. The standard InChI is InChI=1S/C14H19NO3/c1-9(2)6-7-15-11(4)10(3)12(8-16)13(15)14(17)18-5/h6,8H,7H2,1-5H3. The summed E-state index contributed by atoms with van der Waals surface area (Å²) in [5.74, 6) is -0.476. The number of carbonyl (C=O) groups is 2. The van der Waals surface area contributed by atoms with Crippen molar-refractivity contribution >= 4 is 12.3 Å². The van der Waals surface area contributed by atoms with Crippen LogP contribution < -0.4 is 0 Å². The van der Waals surface area contributed by atoms with Gasteiger partial charge < -0.3 is 9.30 Å². The van der Waals surface area contributed by atoms with E-state index in [0.717, 1.165) is 16.8 Å². The van der Waals surface area contributed by atoms with Gasteiger partial charge in [-0.05, 0) is 33.3 Å². The number of hydrogen-bond acceptors (Lipinski definition) is 3. The molecule has 0 saturated heterocycles. The minimum Gasteiger partial charge on any atom is -0.464 e. The molecule has 0 bridgehead atoms. The first-order valence-corrected chi connectivity index (χ1v) is 5.80. The van der Waals surface area contributed by atoms with Crippen LogP contribution in [0.3, 0.4) is 0 Å². The lowest BCUT2D eigenvalue weighted by Gasteiger charge is -2.08. The molecule has 0 amide bonds. The Balaban J connectivity index is 3.43. The Morgan fingerprint density at radius 3 is 2.39 bits per heavy atom. The molecule has 0 radical (unpaired) electrons. The molecular weight excluding hydrogens is 230 g/mol. The summed E-state index contributed by atoms with van der Waals surface area (Å²) < 4.78 is 6.57. The van der Waals surface area contributed by atoms with E-state index in [1.807, 2.05) is 38.3 Å². The fraction of sp³-hybridized carbons (Fsp3) is 0.429. The van der Waals surface area contributed by atoms with Gasteiger partial charge in [0.15, 0.2) is 6.29 Å². The van der Waals surface area contributed by atoms with Crippen molar-refractivity contribution < 1.29 is 14.3 Å². The van der Waals surface area contributed by atoms with Crippen molar-refractivity contribution in [3.8, 4) is 0 Å². The van der Waals surface area contributed by atoms with Gasteiger partial charge in [0.05, 0.1) is 12.7 Å². The Morgan fingerprint density at radius 2 is 1.94 bits per heavy atom. The first-order chi connectivity index (χ1) is 8.43. The van der Waals surface area contributed by atoms with Crippen LogP contribution in [-0.2, 0) is 11.3 Å². The fourth-order valence-electron chi connectivity index (χ4n) is 1.85. The van der Waals surface area contributed by atoms with Crippen LogP contribution >= 0.6 is 0 Å². The second-order valence-electron chi connectivity index (χ2n) is 4.47. The predicted molar refractivity (Wildman–Crippen MR) is 70.1 cm³/mol. The van der Waals surface area contributed by atoms with Crippen LogP contribution in [0.15, 0.2) is 11.6 Å². The van der Waals surface area contributed by atoms with Crippen molar-refractivity contribution in [2.45, 2.75) is 34.2 Å². The number of hydrogen-bond donors (Lipinski definition) is 0. The molecule has 4 nitrogen and oxygen atoms in total. The molecule has 1 aromatic heterocycles. The van der Waals surface area contributed by atoms with Gasteiger partial charge in [0.25, 0.3) is 0 Å². The molecule has 0 saturated carbocycles. The molecule has 18 heavy (non-hydrogen) atoms. The summed E-state index contributed by atoms with van der Waals surface area (Å²) in [7, 11) is 1.32. The summed E-state index contributed by atoms with van der Waals surface area (Å²) in [5, 5.41) is 0. The van der Waals surface area contributed by atoms with Gasteiger partial charge in [-0.15, -0.1) is 0 Å². The van der Waals surface area contributed by atoms with Crippen molar-refractivity contribution in [2.24, 2.45) is 0 Å². The molecule has 0 aliphatic rings. The van der Waals surface area contributed by atoms with Gasteiger partial charge in [-0.1, -0.05) is 11.6 Å². The average molecular weight is 249 g/mol. The molecule has 0 aliphatic heterocycles. The molecule has 0 atom stereocenters. The Bertz CT molecular complexity index is 506. The topological polar surface area (TPSA) is 48.3 Å². The lowest BCUT2D eigenvalue weighted by Crippen LogP contribution is -2.13. The number of methoxy groups -OCH3 is 1. The summed E-state index contributed by atoms with van der Waals surface area (Å²) in [5.41, 5.74) is 3.65. The Labute approximate surface area is 107 Å². The number of nitrogens with zero attached hydrogens (tertiary/aromatic N) is 1. The monoisotopic (exact) mass is 249 g/mol. The van der Waals surface area contributed by atoms with Crippen molar-refractivity contribution in [1.29, 1.82) is 0 Å². The Morgan fingerprint density at radius 1 is 1.33 bits per heavy atom. The number of aldehydes is 1. The molecule has 98 valence electrons. The molecule has 0 unspecified atom stereocenters. The third kappa shape index (κ3) is 2.53. The number of rotatable bonds is 4. The number of ether oxygens (including phenoxy) is 1. The SMILES string of the molecule is COC(=O)c1c(C=O)c(C)c(C)n1CC=C(C)C. The Kier molecular flexibility index (Phi) is 4.48. The van der Waals surface area contributed by atoms with E-state index in [9.17, 15) is 9.59 Å². The largest absolute Gasteiger partial charge is 0.464 e. The number of esters is 1. The lowest BCUT2D eigenvalue weighted by atomic mass is 10.1. The van der Waals surface area contributed by atoms with Gasteiger partial charge in [-0.2, -0.15) is 0 Å². The molecule has 0 aromatic carbocycles. The molecule has 0 fully saturated rings. The second-order valence-corrected chi connectivity index (χ2v) is 4.47. The van der Waals surface area contributed by atoms with E-state index in [0.29, 0.717) is 24.1 Å². The third-order valence-corrected chi connectivity index (χ3v) is 3.06. The van der Waals surface area contributed by atoms with Gasteiger partial charge in [-0.25, -0.2) is 4.79 Å². The number of aromatic nitrogens is 1. The summed E-state index contributed by atoms with van der Waals surface area (Å²) in [6.07, 6.45) is 2.72. The predicted octanol–water partition coefficient (Wildman–Crippen LogP) is 2.67. The quantitative estimate of drug-likeness (QED) is 0.468. The van der Waals surface area contributed by atoms with E-state index in [2.05, 4.69) is 0 Å². The van der Waals surface area contributed by atoms with Crippen LogP contribution in [0.25, 0.3) is 0 Å². The van der Waals surface area contributed by atoms with E-state index >= 15 is 0 Å². The maximum atomic E-state index is 11.8. The van der Waals surface area contributed by atoms with E-state index in [1.54, 1.807) is 0 Å². The lowest BCUT2D eigenvalue weighted by molar-refractivity contribution is 0.0586. The van der Waals surface area contributed by atoms with Crippen LogP contribution in [0.4, 0.5) is 0 Å². The summed E-state index contributed by atoms with van der Waals surface area (Å²) >= 11 is 0. The van der Waals surface area contributed by atoms with Gasteiger partial charge in [-0.3, -0.25) is 4.79 Å². The summed E-state index contributed by atoms with van der Waals surface area (Å²) in [6.45, 7) is 8.28. The molecule has 0 aliphatic carbocycles. The number of carbonyl (C=O) groups excluding carboxylic acids is 2. The molecule has 4 heteroatoms. The van der Waals surface area contributed by atoms with E-state index in [4.69, 9.17) is 4.74 Å². The summed E-state index contributed by atoms with van der Waals surface area (Å²) in [4.78, 5) is 22.9. The number of allylic oxidation sites excluding steroid dienone is 2. The molecule has 0 N–H and O–H groups in total. The highest BCUT2D eigenvalue weighted by molar-refractivity contribution is 5.98. The highest BCUT2D eigenvalue weighted by Gasteiger charge is 2.22. The highest BCUT2D eigenvalue weighted by atomic mass is 16.5. The maximum Gasteiger partial charge on any atom is 0.355 e. The minimum atomic E-state index is -0.476. The van der Waals surface area contributed by atoms with Crippen LogP contribution in [0.5, 0.6) is 0 Å². The zero-order chi connectivity index (χ0) is 13.9. The first-order valence-electron chi connectivity index (χ1n) is 5.80. The van der Waals surface area contributed by atoms with Gasteiger partial charge in [0, 0.05) is 12.2 Å². The zero-order valence-electron chi connectivity index (χ0n) is 11.5. The second kappa shape index (κ2) is 5.67. The molecule has 0 spiro atoms. The average Bonchev–Trinajstić information content (AvgIpc) is 2.58. The fourth-order valence-corrected chi connectivity index (χ4v) is 1.85. The van der Waals surface area contributed by atoms with Gasteiger partial charge in [0.2, 0.25) is 0 Å². The molecule has 1 heterocycles. The molecule has 1 rings (SSSR count). The smallest absolute Gasteiger partial charge is 0.355 e. The van der Waals surface area contributed by atoms with E-state index in [1.165, 1.54) is 7.11 Å². The zero-order valence-corrected chi connectivity index (χ0v) is 11.5. The van der Waals surface area contributed by atoms with Crippen LogP contribution in [0, 0.1) is 13.8 Å². The van der Waals surface area contributed by atoms with Crippen molar-refractivity contribution in [3.05, 3.63) is 34.2 Å². The van der Waals surface area contributed by atoms with Gasteiger partial charge in [0.1, 0.15) is 5.69 Å². The van der Waals surface area contributed by atoms with Crippen LogP contribution in [-0.4, -0.2) is 23.9 Å². The first kappa shape index (κ1) is 14.2. The van der Waals surface area contributed by atoms with Crippen LogP contribution in [0.2, 0.25) is 0 Å². The van der Waals surface area contributed by atoms with Gasteiger partial charge >= 0.3 is 5.97 Å². The van der Waals surface area contributed by atoms with Crippen molar-refractivity contribution in [1.82, 2.24) is 4.57 Å². The molecular formula is C14H19NO3. The minimum absolute atomic E-state index is 0.333. The van der Waals surface area contributed by atoms with Crippen molar-refractivity contribution in [2.75, 3.05) is 7.11 Å². The van der Waals surface area contributed by atoms with E-state index < -0.39 is 5.97 Å². The Hall–Kier alpha value is -1.84. The molecule has 1 aromatic rings. The maximum absolute atomic E-state index is 11.8. The van der Waals surface area contributed by atoms with Crippen molar-refractivity contribution in [3.63, 3.8) is 0 Å². The normalized spacial score (nSPS) is 10.1. The third-order valence-electron chi connectivity index (χ3n) is 3.06. The van der Waals surface area contributed by atoms with Crippen LogP contribution in [0.1, 0.15) is 46.0 Å². The summed E-state index contributed by atoms with van der Waals surface area (Å²) in [6, 6.07) is 0.